The van der Waals surface area contributed by atoms with Gasteiger partial charge in [0, 0.05) is 10.6 Å². The molecular formula is C16H14F3NO4S. The van der Waals surface area contributed by atoms with Crippen molar-refractivity contribution in [2.45, 2.75) is 25.8 Å². The molecule has 0 radical (unpaired) electrons. The van der Waals surface area contributed by atoms with Crippen LogP contribution in [0.15, 0.2) is 41.8 Å². The average molecular weight is 373 g/mol. The first-order valence-electron chi connectivity index (χ1n) is 7.11. The van der Waals surface area contributed by atoms with Gasteiger partial charge in [-0.25, -0.2) is 0 Å². The van der Waals surface area contributed by atoms with Crippen LogP contribution in [0.25, 0.3) is 0 Å². The molecule has 1 aromatic carbocycles. The first-order valence-corrected chi connectivity index (χ1v) is 7.99. The number of hydrogen-bond donors (Lipinski definition) is 1. The van der Waals surface area contributed by atoms with Crippen molar-refractivity contribution in [3.8, 4) is 5.75 Å². The van der Waals surface area contributed by atoms with Crippen LogP contribution in [0.2, 0.25) is 0 Å². The SMILES string of the molecule is C[C@H](OC(=O)Cc1cccs1)C(=O)Nc1ccc(OC(F)(F)F)cc1. The van der Waals surface area contributed by atoms with E-state index in [4.69, 9.17) is 4.74 Å². The number of rotatable bonds is 6. The van der Waals surface area contributed by atoms with Crippen molar-refractivity contribution in [3.05, 3.63) is 46.7 Å². The van der Waals surface area contributed by atoms with E-state index in [0.717, 1.165) is 17.0 Å². The Balaban J connectivity index is 1.84. The van der Waals surface area contributed by atoms with Gasteiger partial charge < -0.3 is 14.8 Å². The second kappa shape index (κ2) is 8.02. The standard InChI is InChI=1S/C16H14F3NO4S/c1-10(23-14(21)9-13-3-2-8-25-13)15(22)20-11-4-6-12(7-5-11)24-16(17,18)19/h2-8,10H,9H2,1H3,(H,20,22)/t10-/m0/s1. The van der Waals surface area contributed by atoms with E-state index < -0.39 is 30.1 Å². The Labute approximate surface area is 145 Å². The first kappa shape index (κ1) is 18.8. The molecule has 0 unspecified atom stereocenters. The zero-order valence-corrected chi connectivity index (χ0v) is 13.8. The van der Waals surface area contributed by atoms with E-state index in [1.807, 2.05) is 5.38 Å². The summed E-state index contributed by atoms with van der Waals surface area (Å²) in [5.41, 5.74) is 0.251. The first-order chi connectivity index (χ1) is 11.7. The number of halogens is 3. The van der Waals surface area contributed by atoms with Gasteiger partial charge >= 0.3 is 12.3 Å². The molecule has 1 amide bonds. The third-order valence-electron chi connectivity index (χ3n) is 2.93. The quantitative estimate of drug-likeness (QED) is 0.783. The minimum absolute atomic E-state index is 0.0682. The summed E-state index contributed by atoms with van der Waals surface area (Å²) in [5.74, 6) is -1.54. The lowest BCUT2D eigenvalue weighted by Gasteiger charge is -2.14. The zero-order chi connectivity index (χ0) is 18.4. The molecule has 2 rings (SSSR count). The normalized spacial score (nSPS) is 12.3. The highest BCUT2D eigenvalue weighted by Crippen LogP contribution is 2.24. The lowest BCUT2D eigenvalue weighted by Crippen LogP contribution is -2.30. The monoisotopic (exact) mass is 373 g/mol. The third kappa shape index (κ3) is 6.46. The number of carbonyl (C=O) groups excluding carboxylic acids is 2. The molecule has 0 aliphatic carbocycles. The predicted molar refractivity (Wildman–Crippen MR) is 85.3 cm³/mol. The molecule has 25 heavy (non-hydrogen) atoms. The fraction of sp³-hybridized carbons (Fsp3) is 0.250. The maximum atomic E-state index is 12.1. The number of alkyl halides is 3. The number of nitrogens with one attached hydrogen (secondary N) is 1. The summed E-state index contributed by atoms with van der Waals surface area (Å²) in [6, 6.07) is 8.21. The van der Waals surface area contributed by atoms with Gasteiger partial charge in [-0.1, -0.05) is 6.07 Å². The van der Waals surface area contributed by atoms with Crippen molar-refractivity contribution >= 4 is 28.9 Å². The summed E-state index contributed by atoms with van der Waals surface area (Å²) in [6.07, 6.45) is -5.76. The van der Waals surface area contributed by atoms with Gasteiger partial charge in [-0.2, -0.15) is 0 Å². The van der Waals surface area contributed by atoms with Crippen molar-refractivity contribution in [2.75, 3.05) is 5.32 Å². The van der Waals surface area contributed by atoms with Crippen LogP contribution in [0.3, 0.4) is 0 Å². The molecule has 0 spiro atoms. The minimum atomic E-state index is -4.78. The number of amides is 1. The van der Waals surface area contributed by atoms with E-state index in [0.29, 0.717) is 0 Å². The largest absolute Gasteiger partial charge is 0.573 e. The number of ether oxygens (including phenoxy) is 2. The van der Waals surface area contributed by atoms with Crippen molar-refractivity contribution in [1.82, 2.24) is 0 Å². The molecule has 2 aromatic rings. The molecule has 0 saturated heterocycles. The fourth-order valence-corrected chi connectivity index (χ4v) is 2.52. The number of hydrogen-bond acceptors (Lipinski definition) is 5. The van der Waals surface area contributed by atoms with E-state index in [2.05, 4.69) is 10.1 Å². The van der Waals surface area contributed by atoms with E-state index >= 15 is 0 Å². The highest BCUT2D eigenvalue weighted by Gasteiger charge is 2.31. The Hall–Kier alpha value is -2.55. The van der Waals surface area contributed by atoms with Gasteiger partial charge in [0.25, 0.3) is 5.91 Å². The minimum Gasteiger partial charge on any atom is -0.452 e. The molecule has 1 aromatic heterocycles. The molecule has 1 heterocycles. The summed E-state index contributed by atoms with van der Waals surface area (Å²) in [4.78, 5) is 24.5. The van der Waals surface area contributed by atoms with Gasteiger partial charge in [-0.05, 0) is 42.6 Å². The molecule has 1 atom stereocenters. The number of benzene rings is 1. The number of anilines is 1. The van der Waals surface area contributed by atoms with Gasteiger partial charge in [-0.15, -0.1) is 24.5 Å². The van der Waals surface area contributed by atoms with E-state index in [1.165, 1.54) is 30.4 Å². The lowest BCUT2D eigenvalue weighted by atomic mass is 10.3. The van der Waals surface area contributed by atoms with Gasteiger partial charge in [0.1, 0.15) is 5.75 Å². The smallest absolute Gasteiger partial charge is 0.452 e. The molecular weight excluding hydrogens is 359 g/mol. The Morgan fingerprint density at radius 2 is 1.88 bits per heavy atom. The number of carbonyl (C=O) groups is 2. The van der Waals surface area contributed by atoms with Gasteiger partial charge in [0.15, 0.2) is 6.10 Å². The number of thiophene rings is 1. The molecule has 134 valence electrons. The summed E-state index contributed by atoms with van der Waals surface area (Å²) in [5, 5.41) is 4.27. The van der Waals surface area contributed by atoms with Crippen LogP contribution in [-0.2, 0) is 20.7 Å². The van der Waals surface area contributed by atoms with E-state index in [-0.39, 0.29) is 12.1 Å². The maximum absolute atomic E-state index is 12.1. The highest BCUT2D eigenvalue weighted by molar-refractivity contribution is 7.10. The molecule has 1 N–H and O–H groups in total. The molecule has 9 heteroatoms. The Morgan fingerprint density at radius 1 is 1.20 bits per heavy atom. The Morgan fingerprint density at radius 3 is 2.44 bits per heavy atom. The highest BCUT2D eigenvalue weighted by atomic mass is 32.1. The van der Waals surface area contributed by atoms with Crippen LogP contribution in [0.4, 0.5) is 18.9 Å². The van der Waals surface area contributed by atoms with E-state index in [9.17, 15) is 22.8 Å². The van der Waals surface area contributed by atoms with Crippen LogP contribution >= 0.6 is 11.3 Å². The van der Waals surface area contributed by atoms with Crippen molar-refractivity contribution < 1.29 is 32.2 Å². The van der Waals surface area contributed by atoms with Crippen LogP contribution in [0.5, 0.6) is 5.75 Å². The summed E-state index contributed by atoms with van der Waals surface area (Å²) < 4.78 is 45.0. The third-order valence-corrected chi connectivity index (χ3v) is 3.81. The van der Waals surface area contributed by atoms with Gasteiger partial charge in [-0.3, -0.25) is 9.59 Å². The maximum Gasteiger partial charge on any atom is 0.573 e. The van der Waals surface area contributed by atoms with Gasteiger partial charge in [0.2, 0.25) is 0 Å². The zero-order valence-electron chi connectivity index (χ0n) is 13.0. The molecule has 0 bridgehead atoms. The van der Waals surface area contributed by atoms with Crippen molar-refractivity contribution in [1.29, 1.82) is 0 Å². The van der Waals surface area contributed by atoms with Crippen LogP contribution in [0.1, 0.15) is 11.8 Å². The second-order valence-electron chi connectivity index (χ2n) is 4.95. The predicted octanol–water partition coefficient (Wildman–Crippen LogP) is 3.76. The molecule has 5 nitrogen and oxygen atoms in total. The van der Waals surface area contributed by atoms with Gasteiger partial charge in [0.05, 0.1) is 6.42 Å². The molecule has 0 aliphatic rings. The van der Waals surface area contributed by atoms with Crippen LogP contribution in [0, 0.1) is 0 Å². The Kier molecular flexibility index (Phi) is 6.02. The van der Waals surface area contributed by atoms with Crippen LogP contribution < -0.4 is 10.1 Å². The molecule has 0 aliphatic heterocycles. The molecule has 0 fully saturated rings. The van der Waals surface area contributed by atoms with E-state index in [1.54, 1.807) is 12.1 Å². The summed E-state index contributed by atoms with van der Waals surface area (Å²) >= 11 is 1.40. The lowest BCUT2D eigenvalue weighted by molar-refractivity contribution is -0.274. The average Bonchev–Trinajstić information content (AvgIpc) is 3.00. The fourth-order valence-electron chi connectivity index (χ4n) is 1.83. The van der Waals surface area contributed by atoms with Crippen LogP contribution in [-0.4, -0.2) is 24.3 Å². The molecule has 0 saturated carbocycles. The van der Waals surface area contributed by atoms with Crippen molar-refractivity contribution in [2.24, 2.45) is 0 Å². The Bertz CT molecular complexity index is 714. The summed E-state index contributed by atoms with van der Waals surface area (Å²) in [7, 11) is 0. The topological polar surface area (TPSA) is 64.6 Å². The summed E-state index contributed by atoms with van der Waals surface area (Å²) in [6.45, 7) is 1.41. The number of esters is 1. The van der Waals surface area contributed by atoms with Crippen molar-refractivity contribution in [3.63, 3.8) is 0 Å². The second-order valence-corrected chi connectivity index (χ2v) is 5.98.